The fraction of sp³-hybridized carbons (Fsp3) is 0.714. The van der Waals surface area contributed by atoms with Crippen LogP contribution in [0, 0.1) is 5.92 Å². The summed E-state index contributed by atoms with van der Waals surface area (Å²) in [6, 6.07) is 0. The molecule has 1 fully saturated rings. The van der Waals surface area contributed by atoms with Crippen molar-refractivity contribution in [3.8, 4) is 0 Å². The molecular weight excluding hydrogens is 98.1 g/mol. The van der Waals surface area contributed by atoms with Crippen LogP contribution < -0.4 is 5.73 Å². The van der Waals surface area contributed by atoms with E-state index in [0.29, 0.717) is 0 Å². The summed E-state index contributed by atoms with van der Waals surface area (Å²) in [4.78, 5) is 0. The summed E-state index contributed by atoms with van der Waals surface area (Å²) < 4.78 is 0. The van der Waals surface area contributed by atoms with Gasteiger partial charge >= 0.3 is 0 Å². The van der Waals surface area contributed by atoms with Crippen LogP contribution >= 0.6 is 0 Å². The quantitative estimate of drug-likeness (QED) is 0.534. The normalized spacial score (nSPS) is 44.0. The maximum absolute atomic E-state index is 5.75. The average Bonchev–Trinajstić information content (AvgIpc) is 2.15. The van der Waals surface area contributed by atoms with Gasteiger partial charge in [-0.25, -0.2) is 0 Å². The van der Waals surface area contributed by atoms with Gasteiger partial charge in [0.15, 0.2) is 0 Å². The standard InChI is InChI=1S/C7H13N/c1-3-4-6-5-7(6,2)8/h3,6H,1,4-5,8H2,2H3. The topological polar surface area (TPSA) is 26.0 Å². The zero-order valence-corrected chi connectivity index (χ0v) is 5.35. The molecule has 0 radical (unpaired) electrons. The van der Waals surface area contributed by atoms with Crippen molar-refractivity contribution >= 4 is 0 Å². The number of allylic oxidation sites excluding steroid dienone is 1. The van der Waals surface area contributed by atoms with Gasteiger partial charge in [0.25, 0.3) is 0 Å². The fourth-order valence-corrected chi connectivity index (χ4v) is 1.03. The lowest BCUT2D eigenvalue weighted by molar-refractivity contribution is 0.654. The first-order chi connectivity index (χ1) is 3.67. The molecule has 8 heavy (non-hydrogen) atoms. The van der Waals surface area contributed by atoms with E-state index in [4.69, 9.17) is 5.73 Å². The molecule has 0 spiro atoms. The van der Waals surface area contributed by atoms with E-state index in [1.54, 1.807) is 0 Å². The largest absolute Gasteiger partial charge is 0.325 e. The van der Waals surface area contributed by atoms with Crippen molar-refractivity contribution in [1.82, 2.24) is 0 Å². The average molecular weight is 111 g/mol. The van der Waals surface area contributed by atoms with Crippen molar-refractivity contribution < 1.29 is 0 Å². The van der Waals surface area contributed by atoms with Crippen molar-refractivity contribution in [3.05, 3.63) is 12.7 Å². The van der Waals surface area contributed by atoms with Crippen LogP contribution in [-0.4, -0.2) is 5.54 Å². The second-order valence-corrected chi connectivity index (χ2v) is 2.93. The molecule has 2 unspecified atom stereocenters. The molecule has 1 heteroatoms. The zero-order valence-electron chi connectivity index (χ0n) is 5.35. The van der Waals surface area contributed by atoms with Crippen LogP contribution in [0.25, 0.3) is 0 Å². The first-order valence-corrected chi connectivity index (χ1v) is 3.06. The van der Waals surface area contributed by atoms with Gasteiger partial charge in [-0.1, -0.05) is 6.08 Å². The Morgan fingerprint density at radius 1 is 2.00 bits per heavy atom. The van der Waals surface area contributed by atoms with Gasteiger partial charge in [-0.05, 0) is 25.7 Å². The number of hydrogen-bond acceptors (Lipinski definition) is 1. The van der Waals surface area contributed by atoms with Gasteiger partial charge in [0.1, 0.15) is 0 Å². The van der Waals surface area contributed by atoms with Gasteiger partial charge in [0, 0.05) is 5.54 Å². The van der Waals surface area contributed by atoms with Crippen molar-refractivity contribution in [1.29, 1.82) is 0 Å². The molecule has 0 bridgehead atoms. The van der Waals surface area contributed by atoms with E-state index >= 15 is 0 Å². The van der Waals surface area contributed by atoms with Crippen LogP contribution in [-0.2, 0) is 0 Å². The molecule has 0 aromatic rings. The van der Waals surface area contributed by atoms with Crippen LogP contribution in [0.2, 0.25) is 0 Å². The van der Waals surface area contributed by atoms with Crippen LogP contribution in [0.4, 0.5) is 0 Å². The van der Waals surface area contributed by atoms with Crippen molar-refractivity contribution in [2.75, 3.05) is 0 Å². The molecule has 0 amide bonds. The highest BCUT2D eigenvalue weighted by Crippen LogP contribution is 2.42. The molecule has 0 aliphatic heterocycles. The predicted molar refractivity (Wildman–Crippen MR) is 35.5 cm³/mol. The van der Waals surface area contributed by atoms with E-state index in [0.717, 1.165) is 12.3 Å². The van der Waals surface area contributed by atoms with E-state index < -0.39 is 0 Å². The Morgan fingerprint density at radius 2 is 2.50 bits per heavy atom. The maximum Gasteiger partial charge on any atom is 0.0161 e. The highest BCUT2D eigenvalue weighted by molar-refractivity contribution is 5.05. The van der Waals surface area contributed by atoms with E-state index in [-0.39, 0.29) is 5.54 Å². The van der Waals surface area contributed by atoms with Gasteiger partial charge < -0.3 is 5.73 Å². The molecule has 2 atom stereocenters. The summed E-state index contributed by atoms with van der Waals surface area (Å²) in [5, 5.41) is 0. The second kappa shape index (κ2) is 1.59. The minimum atomic E-state index is 0.147. The summed E-state index contributed by atoms with van der Waals surface area (Å²) in [5.74, 6) is 0.722. The molecule has 1 nitrogen and oxygen atoms in total. The molecule has 2 N–H and O–H groups in total. The van der Waals surface area contributed by atoms with Gasteiger partial charge in [0.05, 0.1) is 0 Å². The third-order valence-corrected chi connectivity index (χ3v) is 1.91. The lowest BCUT2D eigenvalue weighted by Gasteiger charge is -1.97. The third-order valence-electron chi connectivity index (χ3n) is 1.91. The zero-order chi connectivity index (χ0) is 6.20. The Hall–Kier alpha value is -0.300. The van der Waals surface area contributed by atoms with E-state index in [9.17, 15) is 0 Å². The summed E-state index contributed by atoms with van der Waals surface area (Å²) in [5.41, 5.74) is 5.89. The molecular formula is C7H13N. The Bertz CT molecular complexity index is 105. The summed E-state index contributed by atoms with van der Waals surface area (Å²) in [7, 11) is 0. The SMILES string of the molecule is C=CCC1CC1(C)N. The Kier molecular flexibility index (Phi) is 1.16. The maximum atomic E-state index is 5.75. The molecule has 0 aromatic carbocycles. The van der Waals surface area contributed by atoms with E-state index in [1.807, 2.05) is 6.08 Å². The molecule has 1 rings (SSSR count). The second-order valence-electron chi connectivity index (χ2n) is 2.93. The smallest absolute Gasteiger partial charge is 0.0161 e. The molecule has 46 valence electrons. The van der Waals surface area contributed by atoms with E-state index in [1.165, 1.54) is 6.42 Å². The minimum absolute atomic E-state index is 0.147. The predicted octanol–water partition coefficient (Wildman–Crippen LogP) is 1.30. The number of hydrogen-bond donors (Lipinski definition) is 1. The van der Waals surface area contributed by atoms with Crippen LogP contribution in [0.1, 0.15) is 19.8 Å². The van der Waals surface area contributed by atoms with Gasteiger partial charge in [-0.3, -0.25) is 0 Å². The van der Waals surface area contributed by atoms with Crippen molar-refractivity contribution in [3.63, 3.8) is 0 Å². The Balaban J connectivity index is 2.26. The van der Waals surface area contributed by atoms with Gasteiger partial charge in [0.2, 0.25) is 0 Å². The van der Waals surface area contributed by atoms with E-state index in [2.05, 4.69) is 13.5 Å². The molecule has 0 saturated heterocycles. The van der Waals surface area contributed by atoms with Crippen molar-refractivity contribution in [2.45, 2.75) is 25.3 Å². The summed E-state index contributed by atoms with van der Waals surface area (Å²) >= 11 is 0. The monoisotopic (exact) mass is 111 g/mol. The Labute approximate surface area is 50.6 Å². The van der Waals surface area contributed by atoms with Crippen LogP contribution in [0.5, 0.6) is 0 Å². The summed E-state index contributed by atoms with van der Waals surface area (Å²) in [6.45, 7) is 5.75. The number of rotatable bonds is 2. The van der Waals surface area contributed by atoms with Crippen molar-refractivity contribution in [2.24, 2.45) is 11.7 Å². The molecule has 0 aromatic heterocycles. The molecule has 0 heterocycles. The highest BCUT2D eigenvalue weighted by atomic mass is 14.8. The summed E-state index contributed by atoms with van der Waals surface area (Å²) in [6.07, 6.45) is 4.22. The van der Waals surface area contributed by atoms with Gasteiger partial charge in [-0.15, -0.1) is 6.58 Å². The molecule has 1 saturated carbocycles. The molecule has 1 aliphatic rings. The lowest BCUT2D eigenvalue weighted by Crippen LogP contribution is -2.19. The third kappa shape index (κ3) is 0.920. The number of nitrogens with two attached hydrogens (primary N) is 1. The first-order valence-electron chi connectivity index (χ1n) is 3.06. The molecule has 1 aliphatic carbocycles. The van der Waals surface area contributed by atoms with Crippen LogP contribution in [0.3, 0.4) is 0 Å². The fourth-order valence-electron chi connectivity index (χ4n) is 1.03. The van der Waals surface area contributed by atoms with Crippen LogP contribution in [0.15, 0.2) is 12.7 Å². The lowest BCUT2D eigenvalue weighted by atomic mass is 10.2. The highest BCUT2D eigenvalue weighted by Gasteiger charge is 2.44. The first kappa shape index (κ1) is 5.83. The Morgan fingerprint density at radius 3 is 2.62 bits per heavy atom. The van der Waals surface area contributed by atoms with Gasteiger partial charge in [-0.2, -0.15) is 0 Å². The minimum Gasteiger partial charge on any atom is -0.325 e.